The van der Waals surface area contributed by atoms with Crippen molar-refractivity contribution in [3.8, 4) is 5.82 Å². The van der Waals surface area contributed by atoms with Gasteiger partial charge in [0.2, 0.25) is 0 Å². The Morgan fingerprint density at radius 3 is 2.94 bits per heavy atom. The maximum Gasteiger partial charge on any atom is 0.377 e. The molecule has 1 atom stereocenters. The largest absolute Gasteiger partial charge is 0.463 e. The minimum absolute atomic E-state index is 0.00880. The lowest BCUT2D eigenvalue weighted by atomic mass is 10.1. The molecule has 1 unspecified atom stereocenters. The average Bonchev–Trinajstić information content (AvgIpc) is 2.87. The smallest absolute Gasteiger partial charge is 0.377 e. The lowest BCUT2D eigenvalue weighted by Gasteiger charge is -2.06. The summed E-state index contributed by atoms with van der Waals surface area (Å²) in [6.45, 7) is 1.88. The van der Waals surface area contributed by atoms with Crippen molar-refractivity contribution < 1.29 is 9.53 Å². The molecule has 0 aliphatic carbocycles. The molecular weight excluding hydrogens is 234 g/mol. The number of methoxy groups -OCH3 is 1. The summed E-state index contributed by atoms with van der Waals surface area (Å²) in [5, 5.41) is 3.98. The van der Waals surface area contributed by atoms with Crippen LogP contribution < -0.4 is 5.73 Å². The van der Waals surface area contributed by atoms with Crippen LogP contribution >= 0.6 is 0 Å². The van der Waals surface area contributed by atoms with Crippen LogP contribution in [0.1, 0.15) is 29.1 Å². The van der Waals surface area contributed by atoms with Crippen LogP contribution in [0.2, 0.25) is 0 Å². The van der Waals surface area contributed by atoms with Crippen molar-refractivity contribution in [1.29, 1.82) is 0 Å². The third kappa shape index (κ3) is 2.35. The van der Waals surface area contributed by atoms with Crippen LogP contribution in [-0.2, 0) is 4.74 Å². The monoisotopic (exact) mass is 247 g/mol. The summed E-state index contributed by atoms with van der Waals surface area (Å²) in [5.74, 6) is -0.0462. The van der Waals surface area contributed by atoms with Crippen LogP contribution in [0.4, 0.5) is 0 Å². The minimum atomic E-state index is -0.586. The highest BCUT2D eigenvalue weighted by atomic mass is 16.5. The van der Waals surface area contributed by atoms with Crippen molar-refractivity contribution >= 4 is 5.97 Å². The molecule has 0 radical (unpaired) electrons. The predicted molar refractivity (Wildman–Crippen MR) is 63.1 cm³/mol. The van der Waals surface area contributed by atoms with Gasteiger partial charge >= 0.3 is 5.97 Å². The molecule has 0 amide bonds. The molecule has 0 spiro atoms. The van der Waals surface area contributed by atoms with E-state index in [0.717, 1.165) is 5.56 Å². The third-order valence-corrected chi connectivity index (χ3v) is 2.39. The molecular formula is C11H13N5O2. The maximum absolute atomic E-state index is 11.2. The highest BCUT2D eigenvalue weighted by Gasteiger charge is 2.12. The van der Waals surface area contributed by atoms with Crippen LogP contribution in [0.5, 0.6) is 0 Å². The zero-order chi connectivity index (χ0) is 13.1. The summed E-state index contributed by atoms with van der Waals surface area (Å²) in [5.41, 5.74) is 6.71. The quantitative estimate of drug-likeness (QED) is 0.792. The van der Waals surface area contributed by atoms with E-state index in [2.05, 4.69) is 19.8 Å². The molecule has 94 valence electrons. The molecule has 0 fully saturated rings. The van der Waals surface area contributed by atoms with E-state index in [1.165, 1.54) is 18.1 Å². The summed E-state index contributed by atoms with van der Waals surface area (Å²) in [6.07, 6.45) is 3.03. The number of hydrogen-bond acceptors (Lipinski definition) is 6. The molecule has 0 saturated carbocycles. The highest BCUT2D eigenvalue weighted by Crippen LogP contribution is 2.12. The third-order valence-electron chi connectivity index (χ3n) is 2.39. The lowest BCUT2D eigenvalue weighted by molar-refractivity contribution is 0.0587. The van der Waals surface area contributed by atoms with Crippen LogP contribution in [0, 0.1) is 0 Å². The molecule has 2 aromatic rings. The van der Waals surface area contributed by atoms with Gasteiger partial charge in [-0.3, -0.25) is 0 Å². The Bertz CT molecular complexity index is 564. The molecule has 0 aliphatic rings. The summed E-state index contributed by atoms with van der Waals surface area (Å²) < 4.78 is 5.93. The fourth-order valence-electron chi connectivity index (χ4n) is 1.40. The first-order valence-electron chi connectivity index (χ1n) is 5.33. The van der Waals surface area contributed by atoms with Gasteiger partial charge in [-0.15, -0.1) is 5.10 Å². The average molecular weight is 247 g/mol. The van der Waals surface area contributed by atoms with Crippen LogP contribution in [0.3, 0.4) is 0 Å². The minimum Gasteiger partial charge on any atom is -0.463 e. The lowest BCUT2D eigenvalue weighted by Crippen LogP contribution is -2.08. The summed E-state index contributed by atoms with van der Waals surface area (Å²) >= 11 is 0. The highest BCUT2D eigenvalue weighted by molar-refractivity contribution is 5.84. The topological polar surface area (TPSA) is 95.9 Å². The van der Waals surface area contributed by atoms with E-state index < -0.39 is 5.97 Å². The van der Waals surface area contributed by atoms with E-state index in [4.69, 9.17) is 5.73 Å². The molecule has 0 aliphatic heterocycles. The number of esters is 1. The number of aromatic nitrogens is 4. The first-order valence-corrected chi connectivity index (χ1v) is 5.33. The number of pyridine rings is 1. The van der Waals surface area contributed by atoms with Gasteiger partial charge in [-0.2, -0.15) is 0 Å². The van der Waals surface area contributed by atoms with Crippen LogP contribution in [0.15, 0.2) is 24.7 Å². The second-order valence-electron chi connectivity index (χ2n) is 3.74. The van der Waals surface area contributed by atoms with Crippen molar-refractivity contribution in [1.82, 2.24) is 19.7 Å². The van der Waals surface area contributed by atoms with Crippen LogP contribution in [-0.4, -0.2) is 32.8 Å². The van der Waals surface area contributed by atoms with Crippen molar-refractivity contribution in [3.63, 3.8) is 0 Å². The number of carbonyl (C=O) groups is 1. The van der Waals surface area contributed by atoms with E-state index in [1.807, 2.05) is 13.0 Å². The van der Waals surface area contributed by atoms with Crippen molar-refractivity contribution in [2.75, 3.05) is 7.11 Å². The number of rotatable bonds is 3. The van der Waals surface area contributed by atoms with Gasteiger partial charge in [0.25, 0.3) is 5.82 Å². The van der Waals surface area contributed by atoms with E-state index >= 15 is 0 Å². The van der Waals surface area contributed by atoms with Gasteiger partial charge in [0.15, 0.2) is 5.82 Å². The Balaban J connectivity index is 2.34. The fraction of sp³-hybridized carbons (Fsp3) is 0.273. The molecule has 2 heterocycles. The van der Waals surface area contributed by atoms with Gasteiger partial charge < -0.3 is 10.5 Å². The summed E-state index contributed by atoms with van der Waals surface area (Å²) in [7, 11) is 1.28. The van der Waals surface area contributed by atoms with Crippen LogP contribution in [0.25, 0.3) is 5.82 Å². The first kappa shape index (κ1) is 12.2. The number of carbonyl (C=O) groups excluding carboxylic acids is 1. The van der Waals surface area contributed by atoms with Crippen molar-refractivity contribution in [2.45, 2.75) is 13.0 Å². The molecule has 2 aromatic heterocycles. The van der Waals surface area contributed by atoms with Gasteiger partial charge in [-0.05, 0) is 24.6 Å². The van der Waals surface area contributed by atoms with Gasteiger partial charge in [0.05, 0.1) is 7.11 Å². The Morgan fingerprint density at radius 1 is 1.50 bits per heavy atom. The van der Waals surface area contributed by atoms with Crippen molar-refractivity contribution in [2.24, 2.45) is 5.73 Å². The number of nitrogens with zero attached hydrogens (tertiary/aromatic N) is 4. The Hall–Kier alpha value is -2.28. The zero-order valence-electron chi connectivity index (χ0n) is 10.1. The van der Waals surface area contributed by atoms with Gasteiger partial charge in [0, 0.05) is 12.2 Å². The molecule has 2 rings (SSSR count). The van der Waals surface area contributed by atoms with E-state index in [9.17, 15) is 4.79 Å². The number of ether oxygens (including phenoxy) is 1. The first-order chi connectivity index (χ1) is 8.61. The predicted octanol–water partition coefficient (Wildman–Crippen LogP) is 0.469. The molecule has 0 aromatic carbocycles. The van der Waals surface area contributed by atoms with E-state index in [1.54, 1.807) is 12.3 Å². The SMILES string of the molecule is COC(=O)c1ncn(-c2cc(C(C)N)ccn2)n1. The standard InChI is InChI=1S/C11H13N5O2/c1-7(12)8-3-4-13-9(5-8)16-6-14-10(15-16)11(17)18-2/h3-7H,12H2,1-2H3. The molecule has 7 heteroatoms. The molecule has 0 saturated heterocycles. The molecule has 7 nitrogen and oxygen atoms in total. The van der Waals surface area contributed by atoms with Gasteiger partial charge in [0.1, 0.15) is 6.33 Å². The fourth-order valence-corrected chi connectivity index (χ4v) is 1.40. The number of nitrogens with two attached hydrogens (primary N) is 1. The van der Waals surface area contributed by atoms with Gasteiger partial charge in [-0.25, -0.2) is 19.4 Å². The Kier molecular flexibility index (Phi) is 3.33. The van der Waals surface area contributed by atoms with E-state index in [-0.39, 0.29) is 11.9 Å². The summed E-state index contributed by atoms with van der Waals surface area (Å²) in [6, 6.07) is 3.52. The van der Waals surface area contributed by atoms with Crippen molar-refractivity contribution in [3.05, 3.63) is 36.0 Å². The molecule has 2 N–H and O–H groups in total. The van der Waals surface area contributed by atoms with Gasteiger partial charge in [-0.1, -0.05) is 0 Å². The molecule has 18 heavy (non-hydrogen) atoms. The second kappa shape index (κ2) is 4.92. The molecule has 0 bridgehead atoms. The Labute approximate surface area is 104 Å². The van der Waals surface area contributed by atoms with E-state index in [0.29, 0.717) is 5.82 Å². The maximum atomic E-state index is 11.2. The second-order valence-corrected chi connectivity index (χ2v) is 3.74. The Morgan fingerprint density at radius 2 is 2.28 bits per heavy atom. The normalized spacial score (nSPS) is 12.2. The zero-order valence-corrected chi connectivity index (χ0v) is 10.1. The number of hydrogen-bond donors (Lipinski definition) is 1. The summed E-state index contributed by atoms with van der Waals surface area (Å²) in [4.78, 5) is 19.2.